The first-order chi connectivity index (χ1) is 13.4. The van der Waals surface area contributed by atoms with Crippen LogP contribution in [0.2, 0.25) is 10.0 Å². The van der Waals surface area contributed by atoms with Crippen LogP contribution < -0.4 is 10.5 Å². The summed E-state index contributed by atoms with van der Waals surface area (Å²) in [5, 5.41) is 1.34. The lowest BCUT2D eigenvalue weighted by Gasteiger charge is -2.19. The minimum absolute atomic E-state index is 0.0689. The maximum Gasteiger partial charge on any atom is 0.166 e. The van der Waals surface area contributed by atoms with Crippen LogP contribution in [-0.2, 0) is 0 Å². The number of nitrogen functional groups attached to an aromatic ring is 1. The summed E-state index contributed by atoms with van der Waals surface area (Å²) in [5.41, 5.74) is 9.22. The van der Waals surface area contributed by atoms with Gasteiger partial charge in [-0.25, -0.2) is 9.37 Å². The fraction of sp³-hybridized carbons (Fsp3) is 0.0952. The zero-order valence-electron chi connectivity index (χ0n) is 14.8. The Kier molecular flexibility index (Phi) is 4.87. The molecule has 0 aliphatic carbocycles. The number of nitrogens with zero attached hydrogens (tertiary/aromatic N) is 1. The highest BCUT2D eigenvalue weighted by atomic mass is 35.5. The van der Waals surface area contributed by atoms with E-state index >= 15 is 0 Å². The second-order valence-electron chi connectivity index (χ2n) is 6.40. The number of benzene rings is 2. The first-order valence-corrected chi connectivity index (χ1v) is 9.32. The highest BCUT2D eigenvalue weighted by molar-refractivity contribution is 6.36. The normalized spacial score (nSPS) is 12.3. The van der Waals surface area contributed by atoms with Crippen LogP contribution in [0.15, 0.2) is 54.9 Å². The van der Waals surface area contributed by atoms with Crippen LogP contribution in [0.1, 0.15) is 18.6 Å². The summed E-state index contributed by atoms with van der Waals surface area (Å²) in [5.74, 6) is 0.0358. The Balaban J connectivity index is 1.69. The lowest BCUT2D eigenvalue weighted by Crippen LogP contribution is -2.08. The van der Waals surface area contributed by atoms with E-state index < -0.39 is 11.9 Å². The van der Waals surface area contributed by atoms with E-state index in [4.69, 9.17) is 33.7 Å². The number of fused-ring (bicyclic) bond motifs is 1. The Bertz CT molecular complexity index is 1180. The van der Waals surface area contributed by atoms with Gasteiger partial charge in [0, 0.05) is 34.1 Å². The van der Waals surface area contributed by atoms with E-state index in [0.29, 0.717) is 16.3 Å². The van der Waals surface area contributed by atoms with Gasteiger partial charge in [0.05, 0.1) is 5.02 Å². The highest BCUT2D eigenvalue weighted by Gasteiger charge is 2.20. The van der Waals surface area contributed by atoms with E-state index in [1.165, 1.54) is 12.1 Å². The highest BCUT2D eigenvalue weighted by Crippen LogP contribution is 2.37. The monoisotopic (exact) mass is 415 g/mol. The molecule has 0 fully saturated rings. The summed E-state index contributed by atoms with van der Waals surface area (Å²) in [6.07, 6.45) is 2.95. The van der Waals surface area contributed by atoms with Crippen molar-refractivity contribution in [2.45, 2.75) is 13.0 Å². The summed E-state index contributed by atoms with van der Waals surface area (Å²) >= 11 is 12.3. The first kappa shape index (κ1) is 18.6. The Morgan fingerprint density at radius 1 is 1.11 bits per heavy atom. The van der Waals surface area contributed by atoms with Gasteiger partial charge in [-0.3, -0.25) is 0 Å². The molecule has 2 aromatic carbocycles. The van der Waals surface area contributed by atoms with E-state index in [0.717, 1.165) is 22.0 Å². The predicted octanol–water partition coefficient (Wildman–Crippen LogP) is 6.40. The molecule has 0 aliphatic rings. The third-order valence-corrected chi connectivity index (χ3v) is 5.27. The molecule has 4 aromatic rings. The van der Waals surface area contributed by atoms with Gasteiger partial charge in [0.2, 0.25) is 0 Å². The molecule has 142 valence electrons. The molecule has 0 aliphatic heterocycles. The SMILES string of the molecule is CC(Oc1cc(-c2ccc3[nH]ccc3c2)cnc1N)c1c(Cl)ccc(F)c1Cl. The van der Waals surface area contributed by atoms with E-state index in [1.807, 2.05) is 30.5 Å². The number of nitrogens with two attached hydrogens (primary N) is 1. The average molecular weight is 416 g/mol. The molecule has 1 atom stereocenters. The second kappa shape index (κ2) is 7.34. The predicted molar refractivity (Wildman–Crippen MR) is 111 cm³/mol. The van der Waals surface area contributed by atoms with E-state index in [9.17, 15) is 4.39 Å². The summed E-state index contributed by atoms with van der Waals surface area (Å²) in [6, 6.07) is 12.5. The van der Waals surface area contributed by atoms with Crippen molar-refractivity contribution >= 4 is 39.9 Å². The number of H-pyrrole nitrogens is 1. The second-order valence-corrected chi connectivity index (χ2v) is 7.19. The zero-order valence-corrected chi connectivity index (χ0v) is 16.4. The number of aromatic amines is 1. The fourth-order valence-electron chi connectivity index (χ4n) is 3.11. The lowest BCUT2D eigenvalue weighted by molar-refractivity contribution is 0.227. The number of hydrogen-bond donors (Lipinski definition) is 2. The molecule has 7 heteroatoms. The molecule has 0 saturated carbocycles. The van der Waals surface area contributed by atoms with Crippen molar-refractivity contribution in [2.75, 3.05) is 5.73 Å². The van der Waals surface area contributed by atoms with Gasteiger partial charge in [-0.2, -0.15) is 0 Å². The van der Waals surface area contributed by atoms with Gasteiger partial charge in [-0.05, 0) is 54.3 Å². The van der Waals surface area contributed by atoms with Crippen LogP contribution in [-0.4, -0.2) is 9.97 Å². The minimum Gasteiger partial charge on any atom is -0.482 e. The molecule has 2 aromatic heterocycles. The third-order valence-electron chi connectivity index (χ3n) is 4.56. The molecule has 3 N–H and O–H groups in total. The summed E-state index contributed by atoms with van der Waals surface area (Å²) in [7, 11) is 0. The molecule has 2 heterocycles. The molecule has 0 saturated heterocycles. The number of ether oxygens (including phenoxy) is 1. The molecule has 1 unspecified atom stereocenters. The minimum atomic E-state index is -0.623. The van der Waals surface area contributed by atoms with E-state index in [-0.39, 0.29) is 10.8 Å². The van der Waals surface area contributed by atoms with Crippen LogP contribution in [0, 0.1) is 5.82 Å². The van der Waals surface area contributed by atoms with Crippen molar-refractivity contribution < 1.29 is 9.13 Å². The molecule has 4 rings (SSSR count). The lowest BCUT2D eigenvalue weighted by atomic mass is 10.1. The van der Waals surface area contributed by atoms with E-state index in [2.05, 4.69) is 9.97 Å². The van der Waals surface area contributed by atoms with Gasteiger partial charge in [-0.15, -0.1) is 0 Å². The van der Waals surface area contributed by atoms with Crippen molar-refractivity contribution in [3.05, 3.63) is 76.3 Å². The van der Waals surface area contributed by atoms with Crippen molar-refractivity contribution in [3.63, 3.8) is 0 Å². The molecular formula is C21H16Cl2FN3O. The standard InChI is InChI=1S/C21H16Cl2FN3O/c1-11(19-15(22)3-4-16(24)20(19)23)28-18-9-14(10-27-21(18)25)12-2-5-17-13(8-12)6-7-26-17/h2-11,26H,1H3,(H2,25,27). The quantitative estimate of drug-likeness (QED) is 0.379. The largest absolute Gasteiger partial charge is 0.482 e. The maximum absolute atomic E-state index is 13.8. The average Bonchev–Trinajstić information content (AvgIpc) is 3.14. The van der Waals surface area contributed by atoms with Gasteiger partial charge in [0.25, 0.3) is 0 Å². The Morgan fingerprint density at radius 2 is 1.93 bits per heavy atom. The Morgan fingerprint density at radius 3 is 2.75 bits per heavy atom. The van der Waals surface area contributed by atoms with Crippen molar-refractivity contribution in [3.8, 4) is 16.9 Å². The van der Waals surface area contributed by atoms with Crippen molar-refractivity contribution in [1.29, 1.82) is 0 Å². The smallest absolute Gasteiger partial charge is 0.166 e. The number of pyridine rings is 1. The third kappa shape index (κ3) is 3.39. The molecule has 0 spiro atoms. The van der Waals surface area contributed by atoms with Crippen LogP contribution >= 0.6 is 23.2 Å². The van der Waals surface area contributed by atoms with Gasteiger partial charge in [-0.1, -0.05) is 29.3 Å². The summed E-state index contributed by atoms with van der Waals surface area (Å²) < 4.78 is 19.8. The number of aromatic nitrogens is 2. The number of rotatable bonds is 4. The number of nitrogens with one attached hydrogen (secondary N) is 1. The van der Waals surface area contributed by atoms with E-state index in [1.54, 1.807) is 19.2 Å². The summed E-state index contributed by atoms with van der Waals surface area (Å²) in [4.78, 5) is 7.40. The zero-order chi connectivity index (χ0) is 19.8. The van der Waals surface area contributed by atoms with Crippen LogP contribution in [0.25, 0.3) is 22.0 Å². The molecule has 28 heavy (non-hydrogen) atoms. The number of hydrogen-bond acceptors (Lipinski definition) is 3. The Labute approximate surface area is 171 Å². The van der Waals surface area contributed by atoms with Gasteiger partial charge < -0.3 is 15.5 Å². The van der Waals surface area contributed by atoms with Crippen molar-refractivity contribution in [1.82, 2.24) is 9.97 Å². The number of halogens is 3. The number of anilines is 1. The van der Waals surface area contributed by atoms with Crippen LogP contribution in [0.5, 0.6) is 5.75 Å². The molecule has 0 bridgehead atoms. The molecule has 0 radical (unpaired) electrons. The topological polar surface area (TPSA) is 63.9 Å². The fourth-order valence-corrected chi connectivity index (χ4v) is 3.78. The van der Waals surface area contributed by atoms with Crippen molar-refractivity contribution in [2.24, 2.45) is 0 Å². The van der Waals surface area contributed by atoms with Crippen LogP contribution in [0.4, 0.5) is 10.2 Å². The van der Waals surface area contributed by atoms with Gasteiger partial charge in [0.15, 0.2) is 11.6 Å². The summed E-state index contributed by atoms with van der Waals surface area (Å²) in [6.45, 7) is 1.73. The molecule has 4 nitrogen and oxygen atoms in total. The van der Waals surface area contributed by atoms with Gasteiger partial charge >= 0.3 is 0 Å². The molecular weight excluding hydrogens is 400 g/mol. The molecule has 0 amide bonds. The van der Waals surface area contributed by atoms with Crippen LogP contribution in [0.3, 0.4) is 0 Å². The first-order valence-electron chi connectivity index (χ1n) is 8.57. The Hall–Kier alpha value is -2.76. The van der Waals surface area contributed by atoms with Gasteiger partial charge in [0.1, 0.15) is 11.9 Å². The maximum atomic E-state index is 13.8.